The Bertz CT molecular complexity index is 517. The third-order valence-corrected chi connectivity index (χ3v) is 3.73. The molecule has 0 radical (unpaired) electrons. The maximum absolute atomic E-state index is 5.67. The van der Waals surface area contributed by atoms with Crippen LogP contribution in [0, 0.1) is 0 Å². The van der Waals surface area contributed by atoms with Gasteiger partial charge in [-0.25, -0.2) is 0 Å². The van der Waals surface area contributed by atoms with Crippen molar-refractivity contribution < 1.29 is 0 Å². The first-order valence-corrected chi connectivity index (χ1v) is 7.25. The SMILES string of the molecule is CC(C)N(c1ccc(CN)cc1)C(C)c1ccccc1. The van der Waals surface area contributed by atoms with Crippen molar-refractivity contribution in [2.24, 2.45) is 5.73 Å². The standard InChI is InChI=1S/C18H24N2/c1-14(2)20(15(3)17-7-5-4-6-8-17)18-11-9-16(13-19)10-12-18/h4-12,14-15H,13,19H2,1-3H3. The summed E-state index contributed by atoms with van der Waals surface area (Å²) in [5.41, 5.74) is 9.43. The van der Waals surface area contributed by atoms with Crippen LogP contribution in [0.15, 0.2) is 54.6 Å². The molecule has 0 amide bonds. The van der Waals surface area contributed by atoms with E-state index >= 15 is 0 Å². The highest BCUT2D eigenvalue weighted by molar-refractivity contribution is 5.50. The third-order valence-electron chi connectivity index (χ3n) is 3.73. The van der Waals surface area contributed by atoms with Gasteiger partial charge in [-0.2, -0.15) is 0 Å². The molecule has 2 aromatic rings. The molecule has 0 aliphatic rings. The molecular formula is C18H24N2. The molecule has 1 atom stereocenters. The number of hydrogen-bond donors (Lipinski definition) is 1. The highest BCUT2D eigenvalue weighted by atomic mass is 15.2. The van der Waals surface area contributed by atoms with Crippen LogP contribution in [0.25, 0.3) is 0 Å². The molecule has 2 aromatic carbocycles. The van der Waals surface area contributed by atoms with Crippen molar-refractivity contribution in [1.82, 2.24) is 0 Å². The lowest BCUT2D eigenvalue weighted by Crippen LogP contribution is -2.33. The summed E-state index contributed by atoms with van der Waals surface area (Å²) in [6.07, 6.45) is 0. The minimum atomic E-state index is 0.347. The van der Waals surface area contributed by atoms with Gasteiger partial charge >= 0.3 is 0 Å². The zero-order valence-corrected chi connectivity index (χ0v) is 12.6. The number of anilines is 1. The molecule has 1 unspecified atom stereocenters. The van der Waals surface area contributed by atoms with Gasteiger partial charge in [-0.1, -0.05) is 42.5 Å². The Morgan fingerprint density at radius 3 is 2.00 bits per heavy atom. The topological polar surface area (TPSA) is 29.3 Å². The second-order valence-electron chi connectivity index (χ2n) is 5.46. The van der Waals surface area contributed by atoms with Crippen molar-refractivity contribution in [2.75, 3.05) is 4.90 Å². The molecule has 0 saturated heterocycles. The molecule has 0 aliphatic carbocycles. The van der Waals surface area contributed by atoms with Crippen molar-refractivity contribution in [2.45, 2.75) is 39.4 Å². The quantitative estimate of drug-likeness (QED) is 0.883. The second-order valence-corrected chi connectivity index (χ2v) is 5.46. The van der Waals surface area contributed by atoms with Crippen molar-refractivity contribution >= 4 is 5.69 Å². The molecule has 0 spiro atoms. The van der Waals surface area contributed by atoms with E-state index in [0.29, 0.717) is 18.6 Å². The summed E-state index contributed by atoms with van der Waals surface area (Å²) in [7, 11) is 0. The molecule has 0 fully saturated rings. The zero-order chi connectivity index (χ0) is 14.5. The Labute approximate surface area is 122 Å². The molecule has 2 heteroatoms. The van der Waals surface area contributed by atoms with Gasteiger partial charge in [0.15, 0.2) is 0 Å². The van der Waals surface area contributed by atoms with Gasteiger partial charge in [0.05, 0.1) is 6.04 Å². The average molecular weight is 268 g/mol. The zero-order valence-electron chi connectivity index (χ0n) is 12.6. The van der Waals surface area contributed by atoms with Gasteiger partial charge in [0.2, 0.25) is 0 Å². The van der Waals surface area contributed by atoms with E-state index in [9.17, 15) is 0 Å². The Balaban J connectivity index is 2.30. The van der Waals surface area contributed by atoms with Gasteiger partial charge in [0.25, 0.3) is 0 Å². The normalized spacial score (nSPS) is 12.4. The summed E-state index contributed by atoms with van der Waals surface area (Å²) in [6, 6.07) is 20.0. The molecule has 2 nitrogen and oxygen atoms in total. The first-order valence-electron chi connectivity index (χ1n) is 7.25. The van der Waals surface area contributed by atoms with E-state index in [2.05, 4.69) is 80.3 Å². The van der Waals surface area contributed by atoms with E-state index in [4.69, 9.17) is 5.73 Å². The Morgan fingerprint density at radius 2 is 1.50 bits per heavy atom. The third kappa shape index (κ3) is 3.20. The number of rotatable bonds is 5. The van der Waals surface area contributed by atoms with E-state index in [-0.39, 0.29) is 0 Å². The molecule has 0 aromatic heterocycles. The maximum atomic E-state index is 5.67. The number of benzene rings is 2. The van der Waals surface area contributed by atoms with Gasteiger partial charge in [0, 0.05) is 18.3 Å². The van der Waals surface area contributed by atoms with E-state index in [1.54, 1.807) is 0 Å². The first kappa shape index (κ1) is 14.6. The molecule has 0 bridgehead atoms. The number of nitrogens with two attached hydrogens (primary N) is 1. The molecule has 0 aliphatic heterocycles. The van der Waals surface area contributed by atoms with Crippen molar-refractivity contribution in [1.29, 1.82) is 0 Å². The maximum Gasteiger partial charge on any atom is 0.0517 e. The molecule has 2 N–H and O–H groups in total. The highest BCUT2D eigenvalue weighted by Crippen LogP contribution is 2.29. The van der Waals surface area contributed by atoms with E-state index in [0.717, 1.165) is 0 Å². The van der Waals surface area contributed by atoms with Crippen molar-refractivity contribution in [3.8, 4) is 0 Å². The fraction of sp³-hybridized carbons (Fsp3) is 0.333. The average Bonchev–Trinajstić information content (AvgIpc) is 2.48. The monoisotopic (exact) mass is 268 g/mol. The van der Waals surface area contributed by atoms with E-state index in [1.165, 1.54) is 16.8 Å². The lowest BCUT2D eigenvalue weighted by atomic mass is 10.0. The number of nitrogens with zero attached hydrogens (tertiary/aromatic N) is 1. The Kier molecular flexibility index (Phi) is 4.80. The van der Waals surface area contributed by atoms with E-state index < -0.39 is 0 Å². The summed E-state index contributed by atoms with van der Waals surface area (Å²) < 4.78 is 0. The molecule has 0 heterocycles. The van der Waals surface area contributed by atoms with Crippen LogP contribution in [0.3, 0.4) is 0 Å². The van der Waals surface area contributed by atoms with Crippen LogP contribution in [-0.2, 0) is 6.54 Å². The van der Waals surface area contributed by atoms with Crippen LogP contribution in [-0.4, -0.2) is 6.04 Å². The highest BCUT2D eigenvalue weighted by Gasteiger charge is 2.18. The fourth-order valence-electron chi connectivity index (χ4n) is 2.67. The van der Waals surface area contributed by atoms with Gasteiger partial charge in [-0.15, -0.1) is 0 Å². The van der Waals surface area contributed by atoms with Crippen molar-refractivity contribution in [3.05, 3.63) is 65.7 Å². The largest absolute Gasteiger partial charge is 0.362 e. The molecule has 20 heavy (non-hydrogen) atoms. The van der Waals surface area contributed by atoms with Gasteiger partial charge in [-0.05, 0) is 44.0 Å². The predicted molar refractivity (Wildman–Crippen MR) is 86.8 cm³/mol. The molecule has 106 valence electrons. The minimum Gasteiger partial charge on any atom is -0.362 e. The van der Waals surface area contributed by atoms with Gasteiger partial charge in [-0.3, -0.25) is 0 Å². The van der Waals surface area contributed by atoms with E-state index in [1.807, 2.05) is 0 Å². The molecule has 0 saturated carbocycles. The van der Waals surface area contributed by atoms with Crippen LogP contribution >= 0.6 is 0 Å². The Hall–Kier alpha value is -1.80. The lowest BCUT2D eigenvalue weighted by molar-refractivity contribution is 0.597. The summed E-state index contributed by atoms with van der Waals surface area (Å²) in [5, 5.41) is 0. The van der Waals surface area contributed by atoms with Gasteiger partial charge < -0.3 is 10.6 Å². The molecule has 2 rings (SSSR count). The molecular weight excluding hydrogens is 244 g/mol. The van der Waals surface area contributed by atoms with Crippen LogP contribution in [0.1, 0.15) is 37.9 Å². The van der Waals surface area contributed by atoms with Crippen LogP contribution in [0.4, 0.5) is 5.69 Å². The van der Waals surface area contributed by atoms with Crippen molar-refractivity contribution in [3.63, 3.8) is 0 Å². The predicted octanol–water partition coefficient (Wildman–Crippen LogP) is 4.12. The summed E-state index contributed by atoms with van der Waals surface area (Å²) in [4.78, 5) is 2.44. The summed E-state index contributed by atoms with van der Waals surface area (Å²) >= 11 is 0. The second kappa shape index (κ2) is 6.58. The Morgan fingerprint density at radius 1 is 0.900 bits per heavy atom. The summed E-state index contributed by atoms with van der Waals surface area (Å²) in [6.45, 7) is 7.31. The lowest BCUT2D eigenvalue weighted by Gasteiger charge is -2.35. The summed E-state index contributed by atoms with van der Waals surface area (Å²) in [5.74, 6) is 0. The van der Waals surface area contributed by atoms with Gasteiger partial charge in [0.1, 0.15) is 0 Å². The minimum absolute atomic E-state index is 0.347. The smallest absolute Gasteiger partial charge is 0.0517 e. The van der Waals surface area contributed by atoms with Crippen LogP contribution in [0.5, 0.6) is 0 Å². The van der Waals surface area contributed by atoms with Crippen LogP contribution in [0.2, 0.25) is 0 Å². The fourth-order valence-corrected chi connectivity index (χ4v) is 2.67. The number of hydrogen-bond acceptors (Lipinski definition) is 2. The first-order chi connectivity index (χ1) is 9.63. The van der Waals surface area contributed by atoms with Crippen LogP contribution < -0.4 is 10.6 Å².